The van der Waals surface area contributed by atoms with Crippen molar-refractivity contribution in [2.45, 2.75) is 18.3 Å². The molecule has 0 aromatic heterocycles. The maximum atomic E-state index is 13.4. The molecule has 0 spiro atoms. The molecule has 7 heteroatoms. The highest BCUT2D eigenvalue weighted by molar-refractivity contribution is 9.10. The SMILES string of the molecule is COCCOc1cc(NC(=O)C2(c3ccc(Br)cc3)CCOCC2)ccc1OC. The molecule has 156 valence electrons. The summed E-state index contributed by atoms with van der Waals surface area (Å²) in [5.74, 6) is 1.12. The average molecular weight is 464 g/mol. The second-order valence-corrected chi connectivity index (χ2v) is 7.78. The lowest BCUT2D eigenvalue weighted by molar-refractivity contribution is -0.125. The van der Waals surface area contributed by atoms with Gasteiger partial charge in [0.25, 0.3) is 0 Å². The number of nitrogens with one attached hydrogen (secondary N) is 1. The van der Waals surface area contributed by atoms with Crippen LogP contribution in [0.15, 0.2) is 46.9 Å². The van der Waals surface area contributed by atoms with E-state index >= 15 is 0 Å². The van der Waals surface area contributed by atoms with Crippen LogP contribution in [0.2, 0.25) is 0 Å². The molecule has 1 amide bonds. The number of hydrogen-bond acceptors (Lipinski definition) is 5. The van der Waals surface area contributed by atoms with Gasteiger partial charge in [-0.1, -0.05) is 28.1 Å². The third-order valence-electron chi connectivity index (χ3n) is 5.14. The van der Waals surface area contributed by atoms with Crippen LogP contribution < -0.4 is 14.8 Å². The topological polar surface area (TPSA) is 66.0 Å². The van der Waals surface area contributed by atoms with Crippen LogP contribution in [0.1, 0.15) is 18.4 Å². The first-order valence-electron chi connectivity index (χ1n) is 9.54. The summed E-state index contributed by atoms with van der Waals surface area (Å²) in [7, 11) is 3.20. The number of carbonyl (C=O) groups is 1. The van der Waals surface area contributed by atoms with E-state index in [1.54, 1.807) is 26.4 Å². The fourth-order valence-corrected chi connectivity index (χ4v) is 3.75. The fourth-order valence-electron chi connectivity index (χ4n) is 3.49. The zero-order valence-corrected chi connectivity index (χ0v) is 18.3. The van der Waals surface area contributed by atoms with Gasteiger partial charge in [0, 0.05) is 36.6 Å². The highest BCUT2D eigenvalue weighted by Gasteiger charge is 2.41. The molecule has 6 nitrogen and oxygen atoms in total. The first-order valence-corrected chi connectivity index (χ1v) is 10.3. The van der Waals surface area contributed by atoms with Gasteiger partial charge in [0.15, 0.2) is 11.5 Å². The summed E-state index contributed by atoms with van der Waals surface area (Å²) >= 11 is 3.47. The minimum atomic E-state index is -0.629. The number of rotatable bonds is 8. The van der Waals surface area contributed by atoms with Crippen molar-refractivity contribution in [3.8, 4) is 11.5 Å². The Kier molecular flexibility index (Phi) is 7.52. The van der Waals surface area contributed by atoms with Crippen molar-refractivity contribution < 1.29 is 23.7 Å². The van der Waals surface area contributed by atoms with Crippen molar-refractivity contribution in [3.63, 3.8) is 0 Å². The molecule has 0 radical (unpaired) electrons. The van der Waals surface area contributed by atoms with E-state index in [2.05, 4.69) is 21.2 Å². The quantitative estimate of drug-likeness (QED) is 0.595. The smallest absolute Gasteiger partial charge is 0.235 e. The van der Waals surface area contributed by atoms with Gasteiger partial charge in [-0.25, -0.2) is 0 Å². The highest BCUT2D eigenvalue weighted by atomic mass is 79.9. The molecular formula is C22H26BrNO5. The van der Waals surface area contributed by atoms with E-state index in [4.69, 9.17) is 18.9 Å². The second kappa shape index (κ2) is 10.1. The minimum Gasteiger partial charge on any atom is -0.493 e. The Morgan fingerprint density at radius 1 is 1.07 bits per heavy atom. The first kappa shape index (κ1) is 21.6. The molecule has 1 aliphatic rings. The minimum absolute atomic E-state index is 0.0452. The summed E-state index contributed by atoms with van der Waals surface area (Å²) in [5.41, 5.74) is 1.02. The number of hydrogen-bond donors (Lipinski definition) is 1. The third kappa shape index (κ3) is 5.10. The van der Waals surface area contributed by atoms with E-state index in [1.807, 2.05) is 30.3 Å². The number of halogens is 1. The molecule has 29 heavy (non-hydrogen) atoms. The average Bonchev–Trinajstić information content (AvgIpc) is 2.75. The molecule has 0 saturated carbocycles. The van der Waals surface area contributed by atoms with Gasteiger partial charge >= 0.3 is 0 Å². The Labute approximate surface area is 179 Å². The summed E-state index contributed by atoms with van der Waals surface area (Å²) in [6.07, 6.45) is 1.27. The van der Waals surface area contributed by atoms with Gasteiger partial charge in [0.1, 0.15) is 6.61 Å². The van der Waals surface area contributed by atoms with Crippen molar-refractivity contribution in [1.29, 1.82) is 0 Å². The largest absolute Gasteiger partial charge is 0.493 e. The maximum absolute atomic E-state index is 13.4. The molecule has 2 aromatic rings. The molecule has 1 saturated heterocycles. The van der Waals surface area contributed by atoms with Crippen LogP contribution in [0, 0.1) is 0 Å². The molecule has 1 aliphatic heterocycles. The summed E-state index contributed by atoms with van der Waals surface area (Å²) in [6.45, 7) is 1.96. The Morgan fingerprint density at radius 2 is 1.79 bits per heavy atom. The van der Waals surface area contributed by atoms with Crippen molar-refractivity contribution in [2.75, 3.05) is 46.0 Å². The molecule has 2 aromatic carbocycles. The van der Waals surface area contributed by atoms with Crippen molar-refractivity contribution in [1.82, 2.24) is 0 Å². The van der Waals surface area contributed by atoms with E-state index in [-0.39, 0.29) is 5.91 Å². The van der Waals surface area contributed by atoms with Gasteiger partial charge < -0.3 is 24.3 Å². The summed E-state index contributed by atoms with van der Waals surface area (Å²) < 4.78 is 22.6. The van der Waals surface area contributed by atoms with Crippen molar-refractivity contribution in [2.24, 2.45) is 0 Å². The van der Waals surface area contributed by atoms with Gasteiger partial charge in [-0.05, 0) is 42.7 Å². The van der Waals surface area contributed by atoms with Gasteiger partial charge in [0.2, 0.25) is 5.91 Å². The molecule has 1 heterocycles. The Morgan fingerprint density at radius 3 is 2.45 bits per heavy atom. The van der Waals surface area contributed by atoms with Gasteiger partial charge in [-0.2, -0.15) is 0 Å². The molecular weight excluding hydrogens is 438 g/mol. The Balaban J connectivity index is 1.84. The predicted octanol–water partition coefficient (Wildman–Crippen LogP) is 4.17. The van der Waals surface area contributed by atoms with E-state index < -0.39 is 5.41 Å². The van der Waals surface area contributed by atoms with Crippen molar-refractivity contribution >= 4 is 27.5 Å². The second-order valence-electron chi connectivity index (χ2n) is 6.86. The molecule has 1 N–H and O–H groups in total. The molecule has 0 bridgehead atoms. The van der Waals surface area contributed by atoms with E-state index in [1.165, 1.54) is 0 Å². The highest BCUT2D eigenvalue weighted by Crippen LogP contribution is 2.37. The summed E-state index contributed by atoms with van der Waals surface area (Å²) in [6, 6.07) is 13.3. The zero-order chi connectivity index (χ0) is 20.7. The van der Waals surface area contributed by atoms with E-state index in [0.29, 0.717) is 56.5 Å². The van der Waals surface area contributed by atoms with Crippen LogP contribution in [0.5, 0.6) is 11.5 Å². The molecule has 0 atom stereocenters. The van der Waals surface area contributed by atoms with Gasteiger partial charge in [-0.15, -0.1) is 0 Å². The van der Waals surface area contributed by atoms with Crippen LogP contribution >= 0.6 is 15.9 Å². The number of ether oxygens (including phenoxy) is 4. The number of benzene rings is 2. The van der Waals surface area contributed by atoms with Crippen LogP contribution in [0.3, 0.4) is 0 Å². The Bertz CT molecular complexity index is 818. The molecule has 3 rings (SSSR count). The van der Waals surface area contributed by atoms with Crippen LogP contribution in [-0.2, 0) is 19.7 Å². The Hall–Kier alpha value is -2.09. The lowest BCUT2D eigenvalue weighted by atomic mass is 9.73. The van der Waals surface area contributed by atoms with Gasteiger partial charge in [-0.3, -0.25) is 4.79 Å². The maximum Gasteiger partial charge on any atom is 0.235 e. The van der Waals surface area contributed by atoms with Crippen LogP contribution in [0.4, 0.5) is 5.69 Å². The molecule has 1 fully saturated rings. The van der Waals surface area contributed by atoms with Crippen LogP contribution in [-0.4, -0.2) is 46.6 Å². The first-order chi connectivity index (χ1) is 14.1. The van der Waals surface area contributed by atoms with E-state index in [0.717, 1.165) is 10.0 Å². The predicted molar refractivity (Wildman–Crippen MR) is 115 cm³/mol. The normalized spacial score (nSPS) is 15.6. The standard InChI is InChI=1S/C22H26BrNO5/c1-26-13-14-29-20-15-18(7-8-19(20)27-2)24-21(25)22(9-11-28-12-10-22)16-3-5-17(23)6-4-16/h3-8,15H,9-14H2,1-2H3,(H,24,25). The lowest BCUT2D eigenvalue weighted by Crippen LogP contribution is -2.44. The van der Waals surface area contributed by atoms with E-state index in [9.17, 15) is 4.79 Å². The van der Waals surface area contributed by atoms with Gasteiger partial charge in [0.05, 0.1) is 19.1 Å². The van der Waals surface area contributed by atoms with Crippen molar-refractivity contribution in [3.05, 3.63) is 52.5 Å². The monoisotopic (exact) mass is 463 g/mol. The summed E-state index contributed by atoms with van der Waals surface area (Å²) in [4.78, 5) is 13.4. The van der Waals surface area contributed by atoms with Crippen LogP contribution in [0.25, 0.3) is 0 Å². The number of anilines is 1. The number of amides is 1. The summed E-state index contributed by atoms with van der Waals surface area (Å²) in [5, 5.41) is 3.07. The zero-order valence-electron chi connectivity index (χ0n) is 16.7. The number of methoxy groups -OCH3 is 2. The fraction of sp³-hybridized carbons (Fsp3) is 0.409. The molecule has 0 aliphatic carbocycles. The lowest BCUT2D eigenvalue weighted by Gasteiger charge is -2.36. The number of carbonyl (C=O) groups excluding carboxylic acids is 1. The third-order valence-corrected chi connectivity index (χ3v) is 5.67. The molecule has 0 unspecified atom stereocenters.